The fourth-order valence-electron chi connectivity index (χ4n) is 3.16. The summed E-state index contributed by atoms with van der Waals surface area (Å²) in [5, 5.41) is 0. The lowest BCUT2D eigenvalue weighted by molar-refractivity contribution is -0.159. The first kappa shape index (κ1) is 21.9. The predicted molar refractivity (Wildman–Crippen MR) is 110 cm³/mol. The van der Waals surface area contributed by atoms with Gasteiger partial charge in [0.05, 0.1) is 11.1 Å². The average Bonchev–Trinajstić information content (AvgIpc) is 3.10. The summed E-state index contributed by atoms with van der Waals surface area (Å²) in [5.41, 5.74) is 0.631. The molecule has 0 amide bonds. The number of esters is 1. The van der Waals surface area contributed by atoms with Gasteiger partial charge in [-0.3, -0.25) is 14.2 Å². The van der Waals surface area contributed by atoms with Crippen molar-refractivity contribution in [1.29, 1.82) is 0 Å². The van der Waals surface area contributed by atoms with E-state index >= 15 is 0 Å². The standard InChI is InChI=1S/C23H32N2O3/c1-16(19-14-25(15-24-19)20(26)22(3,4)5)13-23(6,7)21(27)28-17(2)18-11-9-8-10-12-18/h8-12,14-17H,13H2,1-7H3/t16-,17?/m0/s1. The number of carbonyl (C=O) groups is 2. The quantitative estimate of drug-likeness (QED) is 0.626. The van der Waals surface area contributed by atoms with Crippen LogP contribution in [0.3, 0.4) is 0 Å². The molecule has 5 nitrogen and oxygen atoms in total. The maximum absolute atomic E-state index is 12.8. The molecule has 0 radical (unpaired) electrons. The van der Waals surface area contributed by atoms with Crippen LogP contribution < -0.4 is 0 Å². The molecule has 0 aliphatic heterocycles. The number of hydrogen-bond acceptors (Lipinski definition) is 4. The zero-order valence-corrected chi connectivity index (χ0v) is 18.0. The second-order valence-electron chi connectivity index (χ2n) is 9.21. The van der Waals surface area contributed by atoms with Gasteiger partial charge in [0.1, 0.15) is 12.4 Å². The topological polar surface area (TPSA) is 61.2 Å². The van der Waals surface area contributed by atoms with E-state index in [1.807, 2.05) is 78.8 Å². The van der Waals surface area contributed by atoms with Crippen molar-refractivity contribution in [1.82, 2.24) is 9.55 Å². The Labute approximate surface area is 168 Å². The average molecular weight is 385 g/mol. The Balaban J connectivity index is 2.03. The maximum Gasteiger partial charge on any atom is 0.312 e. The lowest BCUT2D eigenvalue weighted by Gasteiger charge is -2.27. The minimum Gasteiger partial charge on any atom is -0.457 e. The van der Waals surface area contributed by atoms with Gasteiger partial charge in [-0.05, 0) is 32.8 Å². The van der Waals surface area contributed by atoms with Crippen LogP contribution in [0.25, 0.3) is 0 Å². The fourth-order valence-corrected chi connectivity index (χ4v) is 3.16. The molecular weight excluding hydrogens is 352 g/mol. The molecule has 0 N–H and O–H groups in total. The zero-order chi connectivity index (χ0) is 21.1. The van der Waals surface area contributed by atoms with Crippen LogP contribution in [0.4, 0.5) is 0 Å². The molecule has 5 heteroatoms. The van der Waals surface area contributed by atoms with E-state index in [0.29, 0.717) is 6.42 Å². The van der Waals surface area contributed by atoms with E-state index in [2.05, 4.69) is 4.98 Å². The molecule has 0 spiro atoms. The number of imidazole rings is 1. The van der Waals surface area contributed by atoms with Crippen LogP contribution in [0.2, 0.25) is 0 Å². The molecule has 0 saturated carbocycles. The number of nitrogens with zero attached hydrogens (tertiary/aromatic N) is 2. The fraction of sp³-hybridized carbons (Fsp3) is 0.522. The zero-order valence-electron chi connectivity index (χ0n) is 18.0. The summed E-state index contributed by atoms with van der Waals surface area (Å²) in [6.45, 7) is 13.3. The molecule has 0 fully saturated rings. The third-order valence-corrected chi connectivity index (χ3v) is 4.91. The molecule has 1 aromatic carbocycles. The number of rotatable bonds is 6. The van der Waals surface area contributed by atoms with Crippen molar-refractivity contribution in [3.8, 4) is 0 Å². The van der Waals surface area contributed by atoms with Gasteiger partial charge in [-0.25, -0.2) is 4.98 Å². The summed E-state index contributed by atoms with van der Waals surface area (Å²) < 4.78 is 7.24. The van der Waals surface area contributed by atoms with E-state index in [0.717, 1.165) is 11.3 Å². The molecule has 1 unspecified atom stereocenters. The van der Waals surface area contributed by atoms with Gasteiger partial charge >= 0.3 is 5.97 Å². The van der Waals surface area contributed by atoms with Gasteiger partial charge < -0.3 is 4.74 Å². The molecule has 2 rings (SSSR count). The summed E-state index contributed by atoms with van der Waals surface area (Å²) in [6, 6.07) is 9.70. The minimum absolute atomic E-state index is 0.00574. The third-order valence-electron chi connectivity index (χ3n) is 4.91. The van der Waals surface area contributed by atoms with Gasteiger partial charge in [-0.15, -0.1) is 0 Å². The van der Waals surface area contributed by atoms with E-state index in [1.165, 1.54) is 4.57 Å². The summed E-state index contributed by atoms with van der Waals surface area (Å²) in [7, 11) is 0. The van der Waals surface area contributed by atoms with Crippen LogP contribution in [-0.4, -0.2) is 21.4 Å². The van der Waals surface area contributed by atoms with Crippen LogP contribution in [0.5, 0.6) is 0 Å². The second-order valence-corrected chi connectivity index (χ2v) is 9.21. The van der Waals surface area contributed by atoms with Crippen molar-refractivity contribution in [2.75, 3.05) is 0 Å². The molecule has 2 atom stereocenters. The molecule has 152 valence electrons. The van der Waals surface area contributed by atoms with Gasteiger partial charge in [0.25, 0.3) is 0 Å². The Bertz CT molecular complexity index is 816. The molecule has 0 aliphatic carbocycles. The first-order valence-electron chi connectivity index (χ1n) is 9.76. The monoisotopic (exact) mass is 384 g/mol. The minimum atomic E-state index is -0.666. The van der Waals surface area contributed by atoms with Crippen molar-refractivity contribution in [3.05, 3.63) is 54.1 Å². The summed E-state index contributed by atoms with van der Waals surface area (Å²) in [5.74, 6) is -0.224. The van der Waals surface area contributed by atoms with E-state index in [4.69, 9.17) is 4.74 Å². The largest absolute Gasteiger partial charge is 0.457 e. The highest BCUT2D eigenvalue weighted by molar-refractivity contribution is 5.83. The summed E-state index contributed by atoms with van der Waals surface area (Å²) in [4.78, 5) is 29.6. The number of hydrogen-bond donors (Lipinski definition) is 0. The molecule has 0 saturated heterocycles. The van der Waals surface area contributed by atoms with E-state index in [9.17, 15) is 9.59 Å². The first-order valence-corrected chi connectivity index (χ1v) is 9.76. The number of ether oxygens (including phenoxy) is 1. The SMILES string of the molecule is CC(OC(=O)C(C)(C)C[C@H](C)c1cn(C(=O)C(C)(C)C)cn1)c1ccccc1. The normalized spacial score (nSPS) is 14.4. The molecule has 1 aromatic heterocycles. The Morgan fingerprint density at radius 2 is 1.68 bits per heavy atom. The molecule has 2 aromatic rings. The number of aromatic nitrogens is 2. The van der Waals surface area contributed by atoms with E-state index in [1.54, 1.807) is 12.5 Å². The second kappa shape index (κ2) is 8.29. The Hall–Kier alpha value is -2.43. The van der Waals surface area contributed by atoms with Crippen LogP contribution in [0, 0.1) is 10.8 Å². The molecule has 0 aliphatic rings. The third kappa shape index (κ3) is 5.31. The highest BCUT2D eigenvalue weighted by atomic mass is 16.5. The molecule has 0 bridgehead atoms. The first-order chi connectivity index (χ1) is 12.9. The van der Waals surface area contributed by atoms with Crippen molar-refractivity contribution >= 4 is 11.9 Å². The Morgan fingerprint density at radius 1 is 1.07 bits per heavy atom. The van der Waals surface area contributed by atoms with Crippen molar-refractivity contribution in [2.45, 2.75) is 66.9 Å². The van der Waals surface area contributed by atoms with Gasteiger partial charge in [0.15, 0.2) is 0 Å². The van der Waals surface area contributed by atoms with Crippen LogP contribution in [-0.2, 0) is 9.53 Å². The van der Waals surface area contributed by atoms with Crippen LogP contribution in [0.15, 0.2) is 42.9 Å². The van der Waals surface area contributed by atoms with Crippen molar-refractivity contribution in [3.63, 3.8) is 0 Å². The molecular formula is C23H32N2O3. The molecule has 1 heterocycles. The lowest BCUT2D eigenvalue weighted by atomic mass is 9.82. The predicted octanol–water partition coefficient (Wildman–Crippen LogP) is 5.39. The maximum atomic E-state index is 12.8. The van der Waals surface area contributed by atoms with Crippen molar-refractivity contribution in [2.24, 2.45) is 10.8 Å². The van der Waals surface area contributed by atoms with Crippen LogP contribution in [0.1, 0.15) is 83.0 Å². The summed E-state index contributed by atoms with van der Waals surface area (Å²) in [6.07, 6.45) is 3.61. The Morgan fingerprint density at radius 3 is 2.25 bits per heavy atom. The highest BCUT2D eigenvalue weighted by Crippen LogP contribution is 2.34. The number of benzene rings is 1. The van der Waals surface area contributed by atoms with Gasteiger partial charge in [0.2, 0.25) is 5.91 Å². The van der Waals surface area contributed by atoms with Gasteiger partial charge in [-0.1, -0.05) is 58.0 Å². The van der Waals surface area contributed by atoms with Gasteiger partial charge in [0, 0.05) is 17.5 Å². The van der Waals surface area contributed by atoms with Crippen LogP contribution >= 0.6 is 0 Å². The number of carbonyl (C=O) groups excluding carboxylic acids is 2. The molecule has 28 heavy (non-hydrogen) atoms. The smallest absolute Gasteiger partial charge is 0.312 e. The van der Waals surface area contributed by atoms with Crippen molar-refractivity contribution < 1.29 is 14.3 Å². The van der Waals surface area contributed by atoms with E-state index < -0.39 is 10.8 Å². The lowest BCUT2D eigenvalue weighted by Crippen LogP contribution is -2.29. The van der Waals surface area contributed by atoms with E-state index in [-0.39, 0.29) is 23.9 Å². The summed E-state index contributed by atoms with van der Waals surface area (Å²) >= 11 is 0. The van der Waals surface area contributed by atoms with Gasteiger partial charge in [-0.2, -0.15) is 0 Å². The Kier molecular flexibility index (Phi) is 6.48. The highest BCUT2D eigenvalue weighted by Gasteiger charge is 2.34.